The van der Waals surface area contributed by atoms with Gasteiger partial charge in [-0.3, -0.25) is 9.36 Å². The number of hydrogen-bond donors (Lipinski definition) is 1. The molecule has 0 bridgehead atoms. The van der Waals surface area contributed by atoms with Crippen molar-refractivity contribution in [3.8, 4) is 0 Å². The molecular weight excluding hydrogens is 310 g/mol. The lowest BCUT2D eigenvalue weighted by molar-refractivity contribution is 0.449. The molecule has 1 N–H and O–H groups in total. The van der Waals surface area contributed by atoms with Crippen LogP contribution in [0.1, 0.15) is 35.0 Å². The van der Waals surface area contributed by atoms with E-state index in [0.717, 1.165) is 25.3 Å². The summed E-state index contributed by atoms with van der Waals surface area (Å²) in [6.45, 7) is 11.0. The first kappa shape index (κ1) is 17.4. The largest absolute Gasteiger partial charge is 0.308 e. The van der Waals surface area contributed by atoms with Crippen molar-refractivity contribution in [1.29, 1.82) is 0 Å². The molecule has 0 aliphatic rings. The average Bonchev–Trinajstić information content (AvgIpc) is 3.10. The Morgan fingerprint density at radius 3 is 2.56 bits per heavy atom. The molecule has 3 aromatic rings. The second kappa shape index (κ2) is 7.66. The smallest absolute Gasteiger partial charge is 0.0662 e. The summed E-state index contributed by atoms with van der Waals surface area (Å²) in [7, 11) is 0. The molecule has 5 heteroatoms. The third-order valence-corrected chi connectivity index (χ3v) is 4.56. The molecule has 2 aromatic heterocycles. The number of aryl methyl sites for hydroxylation is 2. The van der Waals surface area contributed by atoms with Crippen LogP contribution in [0.3, 0.4) is 0 Å². The van der Waals surface area contributed by atoms with Gasteiger partial charge in [-0.2, -0.15) is 10.2 Å². The van der Waals surface area contributed by atoms with Crippen LogP contribution in [0.5, 0.6) is 0 Å². The van der Waals surface area contributed by atoms with Crippen molar-refractivity contribution in [1.82, 2.24) is 24.9 Å². The standard InChI is InChI=1S/C20H27N5/c1-15-10-22-24(12-15)13-16(2)21-11-20-17(3)23-25(18(20)4)14-19-8-6-5-7-9-19/h5-10,12,16,21H,11,13-14H2,1-4H3. The van der Waals surface area contributed by atoms with Gasteiger partial charge in [-0.25, -0.2) is 0 Å². The highest BCUT2D eigenvalue weighted by molar-refractivity contribution is 5.26. The third kappa shape index (κ3) is 4.37. The topological polar surface area (TPSA) is 47.7 Å². The van der Waals surface area contributed by atoms with Crippen LogP contribution in [-0.2, 0) is 19.6 Å². The molecule has 0 fully saturated rings. The van der Waals surface area contributed by atoms with Crippen molar-refractivity contribution < 1.29 is 0 Å². The fraction of sp³-hybridized carbons (Fsp3) is 0.400. The van der Waals surface area contributed by atoms with Crippen molar-refractivity contribution in [2.75, 3.05) is 0 Å². The minimum absolute atomic E-state index is 0.343. The van der Waals surface area contributed by atoms with Gasteiger partial charge in [0.05, 0.1) is 25.0 Å². The number of benzene rings is 1. The van der Waals surface area contributed by atoms with Gasteiger partial charge < -0.3 is 5.32 Å². The molecular formula is C20H27N5. The summed E-state index contributed by atoms with van der Waals surface area (Å²) in [4.78, 5) is 0. The zero-order chi connectivity index (χ0) is 17.8. The van der Waals surface area contributed by atoms with Crippen molar-refractivity contribution >= 4 is 0 Å². The summed E-state index contributed by atoms with van der Waals surface area (Å²) < 4.78 is 4.09. The number of nitrogens with zero attached hydrogens (tertiary/aromatic N) is 4. The lowest BCUT2D eigenvalue weighted by atomic mass is 10.1. The Morgan fingerprint density at radius 2 is 1.88 bits per heavy atom. The second-order valence-corrected chi connectivity index (χ2v) is 6.81. The van der Waals surface area contributed by atoms with Crippen molar-refractivity contribution in [2.24, 2.45) is 0 Å². The zero-order valence-electron chi connectivity index (χ0n) is 15.5. The molecule has 2 heterocycles. The molecule has 0 amide bonds. The van der Waals surface area contributed by atoms with Crippen molar-refractivity contribution in [3.05, 3.63) is 70.8 Å². The quantitative estimate of drug-likeness (QED) is 0.720. The summed E-state index contributed by atoms with van der Waals surface area (Å²) in [5.74, 6) is 0. The van der Waals surface area contributed by atoms with E-state index in [1.54, 1.807) is 0 Å². The monoisotopic (exact) mass is 337 g/mol. The normalized spacial score (nSPS) is 12.5. The summed E-state index contributed by atoms with van der Waals surface area (Å²) in [6.07, 6.45) is 3.97. The lowest BCUT2D eigenvalue weighted by Crippen LogP contribution is -2.30. The molecule has 25 heavy (non-hydrogen) atoms. The van der Waals surface area contributed by atoms with E-state index >= 15 is 0 Å². The third-order valence-electron chi connectivity index (χ3n) is 4.56. The van der Waals surface area contributed by atoms with Crippen LogP contribution < -0.4 is 5.32 Å². The van der Waals surface area contributed by atoms with E-state index in [1.165, 1.54) is 22.4 Å². The van der Waals surface area contributed by atoms with E-state index in [9.17, 15) is 0 Å². The highest BCUT2D eigenvalue weighted by atomic mass is 15.3. The van der Waals surface area contributed by atoms with Crippen molar-refractivity contribution in [2.45, 2.75) is 53.4 Å². The molecule has 3 rings (SSSR count). The predicted octanol–water partition coefficient (Wildman–Crippen LogP) is 3.23. The molecule has 0 saturated heterocycles. The van der Waals surface area contributed by atoms with E-state index in [2.05, 4.69) is 73.3 Å². The van der Waals surface area contributed by atoms with E-state index < -0.39 is 0 Å². The Kier molecular flexibility index (Phi) is 5.34. The van der Waals surface area contributed by atoms with Crippen LogP contribution in [0, 0.1) is 20.8 Å². The van der Waals surface area contributed by atoms with E-state index in [4.69, 9.17) is 5.10 Å². The van der Waals surface area contributed by atoms with Crippen LogP contribution in [0.2, 0.25) is 0 Å². The highest BCUT2D eigenvalue weighted by Crippen LogP contribution is 2.15. The molecule has 0 radical (unpaired) electrons. The molecule has 1 aromatic carbocycles. The fourth-order valence-electron chi connectivity index (χ4n) is 3.09. The molecule has 0 aliphatic carbocycles. The summed E-state index contributed by atoms with van der Waals surface area (Å²) in [5, 5.41) is 12.7. The summed E-state index contributed by atoms with van der Waals surface area (Å²) in [5.41, 5.74) is 6.09. The van der Waals surface area contributed by atoms with Gasteiger partial charge in [-0.05, 0) is 38.8 Å². The van der Waals surface area contributed by atoms with Gasteiger partial charge in [-0.15, -0.1) is 0 Å². The number of aromatic nitrogens is 4. The SMILES string of the molecule is Cc1cnn(CC(C)NCc2c(C)nn(Cc3ccccc3)c2C)c1. The van der Waals surface area contributed by atoms with Gasteiger partial charge in [0, 0.05) is 30.0 Å². The van der Waals surface area contributed by atoms with Gasteiger partial charge in [0.15, 0.2) is 0 Å². The van der Waals surface area contributed by atoms with Gasteiger partial charge in [-0.1, -0.05) is 30.3 Å². The average molecular weight is 337 g/mol. The highest BCUT2D eigenvalue weighted by Gasteiger charge is 2.13. The number of nitrogens with one attached hydrogen (secondary N) is 1. The molecule has 0 spiro atoms. The first-order chi connectivity index (χ1) is 12.0. The Labute approximate surface area is 149 Å². The Morgan fingerprint density at radius 1 is 1.12 bits per heavy atom. The molecule has 132 valence electrons. The van der Waals surface area contributed by atoms with Gasteiger partial charge in [0.2, 0.25) is 0 Å². The van der Waals surface area contributed by atoms with E-state index in [-0.39, 0.29) is 0 Å². The minimum Gasteiger partial charge on any atom is -0.308 e. The van der Waals surface area contributed by atoms with Gasteiger partial charge in [0.1, 0.15) is 0 Å². The molecule has 1 atom stereocenters. The Balaban J connectivity index is 1.62. The molecule has 0 saturated carbocycles. The van der Waals surface area contributed by atoms with Crippen LogP contribution in [-0.4, -0.2) is 25.6 Å². The van der Waals surface area contributed by atoms with Gasteiger partial charge >= 0.3 is 0 Å². The minimum atomic E-state index is 0.343. The predicted molar refractivity (Wildman–Crippen MR) is 101 cm³/mol. The van der Waals surface area contributed by atoms with Crippen LogP contribution in [0.15, 0.2) is 42.7 Å². The zero-order valence-corrected chi connectivity index (χ0v) is 15.5. The summed E-state index contributed by atoms with van der Waals surface area (Å²) in [6, 6.07) is 10.8. The molecule has 5 nitrogen and oxygen atoms in total. The Bertz CT molecular complexity index is 816. The van der Waals surface area contributed by atoms with Gasteiger partial charge in [0.25, 0.3) is 0 Å². The first-order valence-corrected chi connectivity index (χ1v) is 8.82. The number of rotatable bonds is 7. The maximum Gasteiger partial charge on any atom is 0.0662 e. The molecule has 0 aliphatic heterocycles. The lowest BCUT2D eigenvalue weighted by Gasteiger charge is -2.14. The van der Waals surface area contributed by atoms with Crippen molar-refractivity contribution in [3.63, 3.8) is 0 Å². The maximum atomic E-state index is 4.73. The Hall–Kier alpha value is -2.40. The molecule has 1 unspecified atom stereocenters. The second-order valence-electron chi connectivity index (χ2n) is 6.81. The summed E-state index contributed by atoms with van der Waals surface area (Å²) >= 11 is 0. The van der Waals surface area contributed by atoms with E-state index in [1.807, 2.05) is 16.9 Å². The van der Waals surface area contributed by atoms with Crippen LogP contribution >= 0.6 is 0 Å². The maximum absolute atomic E-state index is 4.73. The van der Waals surface area contributed by atoms with Crippen LogP contribution in [0.4, 0.5) is 0 Å². The number of hydrogen-bond acceptors (Lipinski definition) is 3. The van der Waals surface area contributed by atoms with Crippen LogP contribution in [0.25, 0.3) is 0 Å². The van der Waals surface area contributed by atoms with E-state index in [0.29, 0.717) is 6.04 Å². The first-order valence-electron chi connectivity index (χ1n) is 8.82. The fourth-order valence-corrected chi connectivity index (χ4v) is 3.09.